The smallest absolute Gasteiger partial charge is 0.229 e. The fraction of sp³-hybridized carbons (Fsp3) is 0.217. The van der Waals surface area contributed by atoms with Crippen molar-refractivity contribution in [3.63, 3.8) is 0 Å². The van der Waals surface area contributed by atoms with Crippen molar-refractivity contribution < 1.29 is 4.74 Å². The predicted octanol–water partition coefficient (Wildman–Crippen LogP) is 4.78. The number of likely N-dealkylation sites (N-methyl/N-ethyl adjacent to an activating group) is 1. The Labute approximate surface area is 195 Å². The zero-order valence-electron chi connectivity index (χ0n) is 17.8. The number of nitrogens with one attached hydrogen (secondary N) is 1. The number of halogens is 1. The van der Waals surface area contributed by atoms with Crippen molar-refractivity contribution in [3.05, 3.63) is 64.9 Å². The highest BCUT2D eigenvalue weighted by molar-refractivity contribution is 7.97. The summed E-state index contributed by atoms with van der Waals surface area (Å²) in [4.78, 5) is 12.4. The lowest BCUT2D eigenvalue weighted by Gasteiger charge is -2.26. The van der Waals surface area contributed by atoms with Crippen LogP contribution in [0.1, 0.15) is 11.1 Å². The maximum atomic E-state index is 6.51. The van der Waals surface area contributed by atoms with Gasteiger partial charge in [-0.25, -0.2) is 4.98 Å². The van der Waals surface area contributed by atoms with E-state index in [1.54, 1.807) is 13.3 Å². The zero-order chi connectivity index (χ0) is 22.2. The van der Waals surface area contributed by atoms with E-state index in [1.165, 1.54) is 23.1 Å². The topological polar surface area (TPSA) is 81.2 Å². The predicted molar refractivity (Wildman–Crippen MR) is 130 cm³/mol. The Balaban J connectivity index is 1.55. The van der Waals surface area contributed by atoms with E-state index in [4.69, 9.17) is 26.5 Å². The molecule has 0 amide bonds. The first-order valence-corrected chi connectivity index (χ1v) is 11.5. The van der Waals surface area contributed by atoms with Crippen LogP contribution in [-0.2, 0) is 13.0 Å². The van der Waals surface area contributed by atoms with E-state index in [0.717, 1.165) is 46.7 Å². The van der Waals surface area contributed by atoms with Gasteiger partial charge in [0, 0.05) is 29.6 Å². The maximum Gasteiger partial charge on any atom is 0.229 e. The van der Waals surface area contributed by atoms with Crippen LogP contribution in [0.25, 0.3) is 16.7 Å². The Morgan fingerprint density at radius 3 is 2.88 bits per heavy atom. The second-order valence-corrected chi connectivity index (χ2v) is 8.88. The number of methoxy groups -OCH3 is 1. The van der Waals surface area contributed by atoms with E-state index >= 15 is 0 Å². The van der Waals surface area contributed by atoms with Crippen LogP contribution in [0.3, 0.4) is 0 Å². The summed E-state index contributed by atoms with van der Waals surface area (Å²) in [6.07, 6.45) is 4.56. The highest BCUT2D eigenvalue weighted by Gasteiger charge is 2.18. The molecular formula is C23H23ClN6OS. The van der Waals surface area contributed by atoms with Gasteiger partial charge < -0.3 is 15.0 Å². The maximum absolute atomic E-state index is 6.51. The van der Waals surface area contributed by atoms with Gasteiger partial charge in [0.15, 0.2) is 5.82 Å². The van der Waals surface area contributed by atoms with Crippen LogP contribution in [0.15, 0.2) is 53.7 Å². The second kappa shape index (κ2) is 8.63. The molecule has 0 unspecified atom stereocenters. The number of aromatic nitrogens is 3. The van der Waals surface area contributed by atoms with Gasteiger partial charge in [-0.15, -0.1) is 0 Å². The molecule has 1 aliphatic rings. The molecule has 2 aromatic carbocycles. The number of nitrogens with two attached hydrogens (primary N) is 1. The molecule has 32 heavy (non-hydrogen) atoms. The number of benzene rings is 2. The molecule has 2 aromatic heterocycles. The number of ether oxygens (including phenoxy) is 1. The summed E-state index contributed by atoms with van der Waals surface area (Å²) in [5.74, 6) is 1.78. The highest BCUT2D eigenvalue weighted by atomic mass is 35.5. The van der Waals surface area contributed by atoms with Crippen LogP contribution in [0, 0.1) is 0 Å². The Morgan fingerprint density at radius 2 is 2.06 bits per heavy atom. The molecule has 0 bridgehead atoms. The Morgan fingerprint density at radius 1 is 1.22 bits per heavy atom. The third-order valence-corrected chi connectivity index (χ3v) is 6.57. The van der Waals surface area contributed by atoms with Crippen molar-refractivity contribution in [2.24, 2.45) is 5.14 Å². The molecule has 7 nitrogen and oxygen atoms in total. The summed E-state index contributed by atoms with van der Waals surface area (Å²) in [6.45, 7) is 1.94. The molecule has 0 fully saturated rings. The van der Waals surface area contributed by atoms with Crippen LogP contribution in [0.5, 0.6) is 5.75 Å². The minimum absolute atomic E-state index is 0.437. The molecule has 3 heterocycles. The fourth-order valence-corrected chi connectivity index (χ4v) is 4.77. The normalized spacial score (nSPS) is 13.9. The van der Waals surface area contributed by atoms with Crippen LogP contribution in [-0.4, -0.2) is 40.1 Å². The summed E-state index contributed by atoms with van der Waals surface area (Å²) in [5, 5.41) is 10.7. The van der Waals surface area contributed by atoms with E-state index in [-0.39, 0.29) is 0 Å². The van der Waals surface area contributed by atoms with Crippen LogP contribution in [0.4, 0.5) is 11.6 Å². The SMILES string of the molecule is COc1cc2c(cc1Nc1ncc(Cl)c(-n3cc(SN)c4ccccc43)n1)CN(C)CC2. The molecule has 0 spiro atoms. The van der Waals surface area contributed by atoms with Crippen LogP contribution in [0.2, 0.25) is 5.02 Å². The lowest BCUT2D eigenvalue weighted by atomic mass is 9.99. The van der Waals surface area contributed by atoms with Crippen molar-refractivity contribution in [2.45, 2.75) is 17.9 Å². The third kappa shape index (κ3) is 3.80. The van der Waals surface area contributed by atoms with Gasteiger partial charge in [0.1, 0.15) is 10.8 Å². The van der Waals surface area contributed by atoms with Crippen molar-refractivity contribution in [2.75, 3.05) is 26.0 Å². The summed E-state index contributed by atoms with van der Waals surface area (Å²) in [7, 11) is 3.80. The quantitative estimate of drug-likeness (QED) is 0.409. The van der Waals surface area contributed by atoms with Gasteiger partial charge >= 0.3 is 0 Å². The first-order chi connectivity index (χ1) is 15.6. The third-order valence-electron chi connectivity index (χ3n) is 5.73. The van der Waals surface area contributed by atoms with Gasteiger partial charge in [0.2, 0.25) is 5.95 Å². The molecule has 0 aliphatic carbocycles. The molecule has 0 saturated carbocycles. The molecular weight excluding hydrogens is 444 g/mol. The van der Waals surface area contributed by atoms with Gasteiger partial charge in [0.25, 0.3) is 0 Å². The lowest BCUT2D eigenvalue weighted by Crippen LogP contribution is -2.26. The highest BCUT2D eigenvalue weighted by Crippen LogP contribution is 2.34. The van der Waals surface area contributed by atoms with E-state index in [2.05, 4.69) is 34.4 Å². The minimum atomic E-state index is 0.437. The molecule has 4 aromatic rings. The summed E-state index contributed by atoms with van der Waals surface area (Å²) < 4.78 is 7.59. The number of anilines is 2. The summed E-state index contributed by atoms with van der Waals surface area (Å²) in [6, 6.07) is 12.2. The van der Waals surface area contributed by atoms with E-state index < -0.39 is 0 Å². The average molecular weight is 467 g/mol. The van der Waals surface area contributed by atoms with Gasteiger partial charge in [-0.2, -0.15) is 4.98 Å². The zero-order valence-corrected chi connectivity index (χ0v) is 19.4. The molecule has 1 aliphatic heterocycles. The molecule has 0 atom stereocenters. The second-order valence-electron chi connectivity index (χ2n) is 7.80. The van der Waals surface area contributed by atoms with E-state index in [0.29, 0.717) is 16.8 Å². The van der Waals surface area contributed by atoms with E-state index in [9.17, 15) is 0 Å². The van der Waals surface area contributed by atoms with Crippen LogP contribution >= 0.6 is 23.5 Å². The molecule has 0 saturated heterocycles. The molecule has 9 heteroatoms. The van der Waals surface area contributed by atoms with E-state index in [1.807, 2.05) is 35.0 Å². The monoisotopic (exact) mass is 466 g/mol. The molecule has 3 N–H and O–H groups in total. The standard InChI is InChI=1S/C23H23ClN6OS/c1-29-8-7-14-10-20(31-2)18(9-15(14)12-29)27-23-26-11-17(24)22(28-23)30-13-21(32-25)16-5-3-4-6-19(16)30/h3-6,9-11,13H,7-8,12,25H2,1-2H3,(H,26,27,28). The van der Waals surface area contributed by atoms with Gasteiger partial charge in [-0.05, 0) is 54.7 Å². The minimum Gasteiger partial charge on any atom is -0.495 e. The van der Waals surface area contributed by atoms with Crippen molar-refractivity contribution in [1.82, 2.24) is 19.4 Å². The lowest BCUT2D eigenvalue weighted by molar-refractivity contribution is 0.312. The number of hydrogen-bond donors (Lipinski definition) is 2. The Bertz CT molecular complexity index is 1310. The van der Waals surface area contributed by atoms with Crippen molar-refractivity contribution in [3.8, 4) is 11.6 Å². The Kier molecular flexibility index (Phi) is 5.69. The molecule has 0 radical (unpaired) electrons. The number of para-hydroxylation sites is 1. The van der Waals surface area contributed by atoms with Gasteiger partial charge in [0.05, 0.1) is 24.5 Å². The number of nitrogens with zero attached hydrogens (tertiary/aromatic N) is 4. The van der Waals surface area contributed by atoms with Gasteiger partial charge in [-0.1, -0.05) is 29.8 Å². The van der Waals surface area contributed by atoms with Crippen LogP contribution < -0.4 is 15.2 Å². The summed E-state index contributed by atoms with van der Waals surface area (Å²) in [5.41, 5.74) is 4.39. The van der Waals surface area contributed by atoms with Gasteiger partial charge in [-0.3, -0.25) is 9.71 Å². The first kappa shape index (κ1) is 21.1. The average Bonchev–Trinajstić information content (AvgIpc) is 3.18. The molecule has 5 rings (SSSR count). The largest absolute Gasteiger partial charge is 0.495 e. The number of fused-ring (bicyclic) bond motifs is 2. The van der Waals surface area contributed by atoms with Crippen molar-refractivity contribution in [1.29, 1.82) is 0 Å². The number of hydrogen-bond acceptors (Lipinski definition) is 7. The first-order valence-electron chi connectivity index (χ1n) is 10.2. The Hall–Kier alpha value is -2.78. The fourth-order valence-electron chi connectivity index (χ4n) is 4.12. The summed E-state index contributed by atoms with van der Waals surface area (Å²) >= 11 is 7.72. The molecule has 164 valence electrons. The number of rotatable bonds is 5. The van der Waals surface area contributed by atoms with Crippen molar-refractivity contribution >= 4 is 46.1 Å².